The average molecular weight is 1510 g/mol. The zero-order valence-electron chi connectivity index (χ0n) is 55.4. The van der Waals surface area contributed by atoms with Gasteiger partial charge in [-0.05, 0) is 6.92 Å². The summed E-state index contributed by atoms with van der Waals surface area (Å²) in [6, 6.07) is -5.76. The van der Waals surface area contributed by atoms with Crippen molar-refractivity contribution in [2.75, 3.05) is 52.9 Å². The topological polar surface area (TPSA) is 739 Å². The van der Waals surface area contributed by atoms with E-state index in [1.54, 1.807) is 0 Å². The first-order valence-corrected chi connectivity index (χ1v) is 32.5. The number of carbonyl (C=O) groups is 4. The predicted molar refractivity (Wildman–Crippen MR) is 317 cm³/mol. The van der Waals surface area contributed by atoms with Crippen LogP contribution in [0.4, 0.5) is 0 Å². The number of rotatable bonds is 31. The Morgan fingerprint density at radius 1 is 0.437 bits per heavy atom. The fraction of sp³-hybridized carbons (Fsp3) is 0.930. The molecule has 40 atom stereocenters. The minimum atomic E-state index is -3.32. The number of hydrogen-bond donors (Lipinski definition) is 28. The van der Waals surface area contributed by atoms with Crippen molar-refractivity contribution >= 4 is 23.7 Å². The Kier molecular flexibility index (Phi) is 31.7. The Morgan fingerprint density at radius 3 is 1.40 bits per heavy atom. The van der Waals surface area contributed by atoms with Crippen molar-refractivity contribution in [3.05, 3.63) is 0 Å². The standard InChI is InChI=1S/C57H97N3O43/c1-14-30(75)37(82)39(84)52(91-14)100-47-29(60-17(4)70)50(95-25(12-67)44(47)98-53-40(85)38(83)33(78)22(9-64)93-53)90-13-26-36(81)48(41(86)54(96-26)97-43(21(74)8-63)31(76)19(72)6-61)101-51-28(59-16(3)69)45(34(79)23(10-65)92-51)99-55-42(87)49(35(80)24(11-66)94-55)103-57(56(88)89)5-18(71)27(58-15(2)68)46(102-57)32(77)20(73)7-62/h14,18-55,61-67,71-87H,5-13H2,1-4H3,(H,58,68)(H,59,69)(H,60,70)(H,88,89)/t14-,18-,19-,20+,21+,22+,23+,24+,25+,26+,27+,28+,29+,30+,31+,32+,33-,34+,35-,36-,37+,38-,39-,40+,41+,42+,43+,44+,45+,46+,47+,48-,49-,50+,51-,52-,53-,54-,55-,57-/m0/s1. The molecular weight excluding hydrogens is 1410 g/mol. The van der Waals surface area contributed by atoms with E-state index in [1.165, 1.54) is 6.92 Å². The molecule has 7 aliphatic heterocycles. The van der Waals surface area contributed by atoms with E-state index in [2.05, 4.69) is 16.0 Å². The molecule has 7 fully saturated rings. The van der Waals surface area contributed by atoms with Gasteiger partial charge in [0.15, 0.2) is 37.7 Å². The number of carboxylic acids is 1. The van der Waals surface area contributed by atoms with E-state index in [1.807, 2.05) is 0 Å². The summed E-state index contributed by atoms with van der Waals surface area (Å²) in [7, 11) is 0. The molecule has 0 saturated carbocycles. The third-order valence-corrected chi connectivity index (χ3v) is 18.4. The quantitative estimate of drug-likeness (QED) is 0.0306. The van der Waals surface area contributed by atoms with Gasteiger partial charge < -0.3 is 210 Å². The zero-order valence-corrected chi connectivity index (χ0v) is 55.4. The first kappa shape index (κ1) is 86.6. The van der Waals surface area contributed by atoms with Crippen LogP contribution in [0.3, 0.4) is 0 Å². The van der Waals surface area contributed by atoms with Gasteiger partial charge in [-0.1, -0.05) is 0 Å². The summed E-state index contributed by atoms with van der Waals surface area (Å²) >= 11 is 0. The summed E-state index contributed by atoms with van der Waals surface area (Å²) in [6.45, 7) is -5.50. The molecule has 28 N–H and O–H groups in total. The summed E-state index contributed by atoms with van der Waals surface area (Å²) in [4.78, 5) is 52.0. The van der Waals surface area contributed by atoms with Gasteiger partial charge in [-0.25, -0.2) is 4.79 Å². The maximum absolute atomic E-state index is 13.3. The molecule has 7 heterocycles. The summed E-state index contributed by atoms with van der Waals surface area (Å²) in [5, 5.41) is 280. The first-order valence-electron chi connectivity index (χ1n) is 32.5. The Morgan fingerprint density at radius 2 is 0.864 bits per heavy atom. The molecule has 0 radical (unpaired) electrons. The van der Waals surface area contributed by atoms with E-state index < -0.39 is 328 Å². The molecule has 7 rings (SSSR count). The smallest absolute Gasteiger partial charge is 0.364 e. The van der Waals surface area contributed by atoms with Crippen molar-refractivity contribution in [2.24, 2.45) is 0 Å². The highest BCUT2D eigenvalue weighted by molar-refractivity contribution is 5.77. The fourth-order valence-corrected chi connectivity index (χ4v) is 12.8. The minimum Gasteiger partial charge on any atom is -0.477 e. The third-order valence-electron chi connectivity index (χ3n) is 18.4. The molecule has 7 saturated heterocycles. The van der Waals surface area contributed by atoms with Gasteiger partial charge in [0.1, 0.15) is 183 Å². The maximum Gasteiger partial charge on any atom is 0.364 e. The van der Waals surface area contributed by atoms with Crippen LogP contribution in [0, 0.1) is 0 Å². The molecule has 46 heteroatoms. The summed E-state index contributed by atoms with van der Waals surface area (Å²) in [5.74, 6) is -8.37. The number of ether oxygens (including phenoxy) is 14. The van der Waals surface area contributed by atoms with Gasteiger partial charge in [0.2, 0.25) is 17.7 Å². The summed E-state index contributed by atoms with van der Waals surface area (Å²) < 4.78 is 82.6. The molecule has 0 aromatic carbocycles. The molecule has 0 aromatic rings. The lowest BCUT2D eigenvalue weighted by Gasteiger charge is -2.51. The van der Waals surface area contributed by atoms with Crippen LogP contribution in [0.1, 0.15) is 34.1 Å². The van der Waals surface area contributed by atoms with Crippen LogP contribution in [0.15, 0.2) is 0 Å². The highest BCUT2D eigenvalue weighted by Crippen LogP contribution is 2.41. The van der Waals surface area contributed by atoms with E-state index in [0.717, 1.165) is 20.8 Å². The Hall–Kier alpha value is -3.64. The van der Waals surface area contributed by atoms with Crippen molar-refractivity contribution in [3.63, 3.8) is 0 Å². The van der Waals surface area contributed by atoms with Gasteiger partial charge in [-0.2, -0.15) is 0 Å². The van der Waals surface area contributed by atoms with Crippen molar-refractivity contribution in [1.29, 1.82) is 0 Å². The fourth-order valence-electron chi connectivity index (χ4n) is 12.8. The lowest BCUT2D eigenvalue weighted by Crippen LogP contribution is -2.71. The van der Waals surface area contributed by atoms with Crippen LogP contribution in [0.25, 0.3) is 0 Å². The van der Waals surface area contributed by atoms with Crippen molar-refractivity contribution in [1.82, 2.24) is 16.0 Å². The highest BCUT2D eigenvalue weighted by atomic mass is 16.8. The Balaban J connectivity index is 1.25. The molecule has 3 amide bonds. The van der Waals surface area contributed by atoms with Gasteiger partial charge in [0, 0.05) is 27.2 Å². The molecule has 0 aromatic heterocycles. The molecule has 0 aliphatic carbocycles. The van der Waals surface area contributed by atoms with Crippen LogP contribution in [-0.4, -0.2) is 449 Å². The van der Waals surface area contributed by atoms with Crippen LogP contribution in [0.5, 0.6) is 0 Å². The number of carboxylic acid groups (broad SMARTS) is 1. The predicted octanol–water partition coefficient (Wildman–Crippen LogP) is -18.2. The van der Waals surface area contributed by atoms with Crippen LogP contribution < -0.4 is 16.0 Å². The van der Waals surface area contributed by atoms with Gasteiger partial charge in [-0.15, -0.1) is 0 Å². The van der Waals surface area contributed by atoms with Crippen LogP contribution in [-0.2, 0) is 85.5 Å². The molecule has 0 unspecified atom stereocenters. The Bertz CT molecular complexity index is 2670. The number of aliphatic hydroxyl groups is 24. The second kappa shape index (κ2) is 37.7. The SMILES string of the molecule is CC(=O)N[C@H]1[C@H](OC[C@H]2O[C@@H](O[C@@H]([C@H](O)[C@@H](O)CO)[C@H](O)CO)[C@H](O)[C@@H](O[C@@H]3O[C@H](CO)[C@@H](O)[C@H](O[C@@H]4O[C@H](CO)[C@H](O)[C@H](O[C@]5(C(=O)O)C[C@H](O)[C@@H](NC(C)=O)[C@H]([C@H](O)[C@H](O)CO)O5)[C@H]4O)[C@H]3NC(C)=O)[C@H]2O)O[C@H](CO)[C@@H](O[C@@H]2O[C@H](CO)[C@H](O)[C@H](O)[C@H]2O)[C@@H]1O[C@@H]1O[C@@H](C)[C@@H](O)[C@@H](O)[C@@H]1O. The number of aliphatic carboxylic acids is 1. The number of nitrogens with one attached hydrogen (secondary N) is 3. The van der Waals surface area contributed by atoms with E-state index in [-0.39, 0.29) is 0 Å². The van der Waals surface area contributed by atoms with Gasteiger partial charge in [0.05, 0.1) is 71.1 Å². The summed E-state index contributed by atoms with van der Waals surface area (Å²) in [6.07, 6.45) is -78.7. The van der Waals surface area contributed by atoms with Crippen LogP contribution >= 0.6 is 0 Å². The molecular formula is C57H97N3O43. The lowest BCUT2D eigenvalue weighted by molar-refractivity contribution is -0.389. The van der Waals surface area contributed by atoms with Crippen molar-refractivity contribution in [3.8, 4) is 0 Å². The van der Waals surface area contributed by atoms with Gasteiger partial charge in [0.25, 0.3) is 5.79 Å². The molecule has 46 nitrogen and oxygen atoms in total. The maximum atomic E-state index is 13.3. The molecule has 0 spiro atoms. The number of hydrogen-bond acceptors (Lipinski definition) is 42. The van der Waals surface area contributed by atoms with E-state index in [4.69, 9.17) is 66.3 Å². The number of carbonyl (C=O) groups excluding carboxylic acids is 3. The Labute approximate surface area is 583 Å². The highest BCUT2D eigenvalue weighted by Gasteiger charge is 2.62. The van der Waals surface area contributed by atoms with Crippen LogP contribution in [0.2, 0.25) is 0 Å². The monoisotopic (exact) mass is 1510 g/mol. The summed E-state index contributed by atoms with van der Waals surface area (Å²) in [5.41, 5.74) is 0. The zero-order chi connectivity index (χ0) is 76.7. The van der Waals surface area contributed by atoms with Crippen molar-refractivity contribution < 1.29 is 213 Å². The van der Waals surface area contributed by atoms with E-state index in [9.17, 15) is 147 Å². The normalized spacial score (nSPS) is 45.1. The number of amides is 3. The minimum absolute atomic E-state index is 0.867. The van der Waals surface area contributed by atoms with Crippen molar-refractivity contribution in [2.45, 2.75) is 279 Å². The van der Waals surface area contributed by atoms with Gasteiger partial charge >= 0.3 is 5.97 Å². The molecule has 7 aliphatic rings. The average Bonchev–Trinajstić information content (AvgIpc) is 0.753. The largest absolute Gasteiger partial charge is 0.477 e. The van der Waals surface area contributed by atoms with E-state index in [0.29, 0.717) is 0 Å². The molecule has 0 bridgehead atoms. The second-order valence-electron chi connectivity index (χ2n) is 25.8. The molecule has 103 heavy (non-hydrogen) atoms. The lowest BCUT2D eigenvalue weighted by atomic mass is 9.88. The first-order chi connectivity index (χ1) is 48.5. The third kappa shape index (κ3) is 19.5. The van der Waals surface area contributed by atoms with E-state index >= 15 is 0 Å². The second-order valence-corrected chi connectivity index (χ2v) is 25.8. The van der Waals surface area contributed by atoms with Gasteiger partial charge in [-0.3, -0.25) is 14.4 Å². The number of aliphatic hydroxyl groups excluding tert-OH is 24. The molecule has 598 valence electrons.